The number of halogens is 2. The van der Waals surface area contributed by atoms with Crippen LogP contribution in [0.25, 0.3) is 22.1 Å². The smallest absolute Gasteiger partial charge is 0.242 e. The largest absolute Gasteiger partial charge is 0.337 e. The van der Waals surface area contributed by atoms with Gasteiger partial charge in [-0.05, 0) is 42.0 Å². The van der Waals surface area contributed by atoms with Crippen molar-refractivity contribution in [2.75, 3.05) is 14.1 Å². The number of sulfonamides is 1. The monoisotopic (exact) mass is 395 g/mol. The molecule has 25 heavy (non-hydrogen) atoms. The van der Waals surface area contributed by atoms with Crippen molar-refractivity contribution in [1.29, 1.82) is 0 Å². The molecule has 2 aromatic carbocycles. The van der Waals surface area contributed by atoms with Crippen molar-refractivity contribution in [3.05, 3.63) is 58.9 Å². The van der Waals surface area contributed by atoms with Crippen LogP contribution >= 0.6 is 23.2 Å². The quantitative estimate of drug-likeness (QED) is 0.719. The summed E-state index contributed by atoms with van der Waals surface area (Å²) in [6.07, 6.45) is 1.74. The van der Waals surface area contributed by atoms with Crippen molar-refractivity contribution in [2.24, 2.45) is 0 Å². The van der Waals surface area contributed by atoms with E-state index in [1.807, 2.05) is 12.1 Å². The first kappa shape index (κ1) is 17.9. The number of nitrogens with one attached hydrogen (secondary N) is 1. The Balaban J connectivity index is 2.01. The van der Waals surface area contributed by atoms with Crippen LogP contribution in [-0.2, 0) is 10.0 Å². The molecular formula is C17H15Cl2N3O2S. The Morgan fingerprint density at radius 3 is 2.64 bits per heavy atom. The molecule has 0 bridgehead atoms. The standard InChI is InChI=1S/C17H15Cl2N3O2S/c1-22(2)25(23,24)13-6-7-15-16(10-13)21-17(20-15)14(19)9-11-4-3-5-12(18)8-11/h3-10H,1-2H3,(H,20,21)/b14-9-. The van der Waals surface area contributed by atoms with E-state index < -0.39 is 10.0 Å². The fraction of sp³-hybridized carbons (Fsp3) is 0.118. The van der Waals surface area contributed by atoms with Crippen LogP contribution in [0.15, 0.2) is 47.4 Å². The van der Waals surface area contributed by atoms with E-state index in [9.17, 15) is 8.42 Å². The molecule has 0 aliphatic heterocycles. The summed E-state index contributed by atoms with van der Waals surface area (Å²) in [5, 5.41) is 1.01. The number of hydrogen-bond acceptors (Lipinski definition) is 3. The van der Waals surface area contributed by atoms with Crippen molar-refractivity contribution in [2.45, 2.75) is 4.90 Å². The maximum atomic E-state index is 12.2. The molecule has 3 rings (SSSR count). The Hall–Kier alpha value is -1.86. The summed E-state index contributed by atoms with van der Waals surface area (Å²) in [7, 11) is -0.532. The van der Waals surface area contributed by atoms with Gasteiger partial charge < -0.3 is 4.98 Å². The fourth-order valence-corrected chi connectivity index (χ4v) is 3.63. The van der Waals surface area contributed by atoms with Crippen molar-refractivity contribution in [3.8, 4) is 0 Å². The van der Waals surface area contributed by atoms with Gasteiger partial charge in [0, 0.05) is 19.1 Å². The highest BCUT2D eigenvalue weighted by molar-refractivity contribution is 7.89. The fourth-order valence-electron chi connectivity index (χ4n) is 2.28. The van der Waals surface area contributed by atoms with Gasteiger partial charge in [0.1, 0.15) is 5.82 Å². The van der Waals surface area contributed by atoms with E-state index in [-0.39, 0.29) is 4.90 Å². The zero-order valence-electron chi connectivity index (χ0n) is 13.5. The van der Waals surface area contributed by atoms with Gasteiger partial charge in [-0.2, -0.15) is 0 Å². The molecule has 3 aromatic rings. The number of aromatic amines is 1. The number of imidazole rings is 1. The zero-order valence-corrected chi connectivity index (χ0v) is 15.8. The number of benzene rings is 2. The summed E-state index contributed by atoms with van der Waals surface area (Å²) in [6.45, 7) is 0. The van der Waals surface area contributed by atoms with E-state index >= 15 is 0 Å². The molecule has 0 radical (unpaired) electrons. The van der Waals surface area contributed by atoms with E-state index in [2.05, 4.69) is 9.97 Å². The Labute approximate surface area is 155 Å². The van der Waals surface area contributed by atoms with Crippen LogP contribution in [-0.4, -0.2) is 36.8 Å². The maximum absolute atomic E-state index is 12.2. The second-order valence-electron chi connectivity index (χ2n) is 5.60. The van der Waals surface area contributed by atoms with E-state index in [0.29, 0.717) is 26.9 Å². The first-order chi connectivity index (χ1) is 11.8. The molecule has 0 saturated carbocycles. The summed E-state index contributed by atoms with van der Waals surface area (Å²) in [6, 6.07) is 12.0. The van der Waals surface area contributed by atoms with Gasteiger partial charge in [-0.15, -0.1) is 0 Å². The number of nitrogens with zero attached hydrogens (tertiary/aromatic N) is 2. The lowest BCUT2D eigenvalue weighted by atomic mass is 10.2. The molecule has 0 fully saturated rings. The summed E-state index contributed by atoms with van der Waals surface area (Å²) in [4.78, 5) is 7.65. The van der Waals surface area contributed by atoms with Crippen molar-refractivity contribution >= 4 is 55.4 Å². The van der Waals surface area contributed by atoms with Gasteiger partial charge in [0.2, 0.25) is 10.0 Å². The number of aromatic nitrogens is 2. The second-order valence-corrected chi connectivity index (χ2v) is 8.59. The van der Waals surface area contributed by atoms with Crippen molar-refractivity contribution in [3.63, 3.8) is 0 Å². The first-order valence-electron chi connectivity index (χ1n) is 7.33. The third kappa shape index (κ3) is 3.72. The van der Waals surface area contributed by atoms with Crippen molar-refractivity contribution < 1.29 is 8.42 Å². The number of H-pyrrole nitrogens is 1. The second kappa shape index (κ2) is 6.80. The summed E-state index contributed by atoms with van der Waals surface area (Å²) >= 11 is 12.3. The molecule has 0 aliphatic rings. The van der Waals surface area contributed by atoms with Crippen LogP contribution in [0.1, 0.15) is 11.4 Å². The molecule has 1 heterocycles. The third-order valence-electron chi connectivity index (χ3n) is 3.60. The molecule has 1 aromatic heterocycles. The number of hydrogen-bond donors (Lipinski definition) is 1. The molecular weight excluding hydrogens is 381 g/mol. The summed E-state index contributed by atoms with van der Waals surface area (Å²) in [5.41, 5.74) is 2.06. The van der Waals surface area contributed by atoms with E-state index in [1.54, 1.807) is 30.3 Å². The van der Waals surface area contributed by atoms with Crippen molar-refractivity contribution in [1.82, 2.24) is 14.3 Å². The molecule has 0 spiro atoms. The molecule has 5 nitrogen and oxygen atoms in total. The minimum absolute atomic E-state index is 0.190. The van der Waals surface area contributed by atoms with Crippen LogP contribution in [0.3, 0.4) is 0 Å². The van der Waals surface area contributed by atoms with Crippen LogP contribution in [0.4, 0.5) is 0 Å². The first-order valence-corrected chi connectivity index (χ1v) is 9.52. The lowest BCUT2D eigenvalue weighted by molar-refractivity contribution is 0.521. The molecule has 0 unspecified atom stereocenters. The van der Waals surface area contributed by atoms with Gasteiger partial charge in [-0.3, -0.25) is 0 Å². The molecule has 0 amide bonds. The minimum Gasteiger partial charge on any atom is -0.337 e. The normalized spacial score (nSPS) is 12.9. The SMILES string of the molecule is CN(C)S(=O)(=O)c1ccc2nc(/C(Cl)=C/c3cccc(Cl)c3)[nH]c2c1. The summed E-state index contributed by atoms with van der Waals surface area (Å²) < 4.78 is 25.6. The number of fused-ring (bicyclic) bond motifs is 1. The van der Waals surface area contributed by atoms with E-state index in [1.165, 1.54) is 20.2 Å². The summed E-state index contributed by atoms with van der Waals surface area (Å²) in [5.74, 6) is 0.455. The molecule has 1 N–H and O–H groups in total. The van der Waals surface area contributed by atoms with Gasteiger partial charge in [-0.25, -0.2) is 17.7 Å². The lowest BCUT2D eigenvalue weighted by Gasteiger charge is -2.10. The van der Waals surface area contributed by atoms with E-state index in [4.69, 9.17) is 23.2 Å². The molecule has 0 atom stereocenters. The van der Waals surface area contributed by atoms with Crippen LogP contribution in [0.5, 0.6) is 0 Å². The molecule has 0 aliphatic carbocycles. The van der Waals surface area contributed by atoms with Gasteiger partial charge in [0.25, 0.3) is 0 Å². The average molecular weight is 396 g/mol. The van der Waals surface area contributed by atoms with Gasteiger partial charge in [0.15, 0.2) is 0 Å². The Bertz CT molecular complexity index is 1070. The predicted octanol–water partition coefficient (Wildman–Crippen LogP) is 4.20. The maximum Gasteiger partial charge on any atom is 0.242 e. The van der Waals surface area contributed by atoms with Crippen LogP contribution in [0, 0.1) is 0 Å². The molecule has 0 saturated heterocycles. The predicted molar refractivity (Wildman–Crippen MR) is 102 cm³/mol. The van der Waals surface area contributed by atoms with E-state index in [0.717, 1.165) is 9.87 Å². The highest BCUT2D eigenvalue weighted by Crippen LogP contribution is 2.25. The number of rotatable bonds is 4. The Kier molecular flexibility index (Phi) is 4.88. The Morgan fingerprint density at radius 1 is 1.20 bits per heavy atom. The average Bonchev–Trinajstić information content (AvgIpc) is 2.98. The zero-order chi connectivity index (χ0) is 18.2. The highest BCUT2D eigenvalue weighted by atomic mass is 35.5. The third-order valence-corrected chi connectivity index (χ3v) is 5.93. The molecule has 130 valence electrons. The molecule has 8 heteroatoms. The highest BCUT2D eigenvalue weighted by Gasteiger charge is 2.18. The van der Waals surface area contributed by atoms with Gasteiger partial charge >= 0.3 is 0 Å². The van der Waals surface area contributed by atoms with Gasteiger partial charge in [-0.1, -0.05) is 35.3 Å². The lowest BCUT2D eigenvalue weighted by Crippen LogP contribution is -2.22. The topological polar surface area (TPSA) is 66.1 Å². The van der Waals surface area contributed by atoms with Gasteiger partial charge in [0.05, 0.1) is 21.0 Å². The Morgan fingerprint density at radius 2 is 1.96 bits per heavy atom. The minimum atomic E-state index is -3.51. The van der Waals surface area contributed by atoms with Crippen LogP contribution in [0.2, 0.25) is 5.02 Å². The van der Waals surface area contributed by atoms with Crippen LogP contribution < -0.4 is 0 Å².